The van der Waals surface area contributed by atoms with Crippen molar-refractivity contribution < 1.29 is 14.3 Å². The number of hydrogen-bond acceptors (Lipinski definition) is 5. The van der Waals surface area contributed by atoms with E-state index in [4.69, 9.17) is 4.74 Å². The normalized spacial score (nSPS) is 16.7. The molecule has 1 fully saturated rings. The summed E-state index contributed by atoms with van der Waals surface area (Å²) in [7, 11) is 0. The lowest BCUT2D eigenvalue weighted by atomic mass is 9.94. The lowest BCUT2D eigenvalue weighted by molar-refractivity contribution is -0.133. The molecule has 1 atom stereocenters. The van der Waals surface area contributed by atoms with E-state index in [0.717, 1.165) is 29.8 Å². The third kappa shape index (κ3) is 4.81. The first-order chi connectivity index (χ1) is 13.0. The van der Waals surface area contributed by atoms with Gasteiger partial charge in [-0.25, -0.2) is 4.98 Å². The number of hydrogen-bond donors (Lipinski definition) is 1. The number of ether oxygens (including phenoxy) is 1. The van der Waals surface area contributed by atoms with Gasteiger partial charge in [0, 0.05) is 38.3 Å². The van der Waals surface area contributed by atoms with E-state index in [1.54, 1.807) is 17.3 Å². The van der Waals surface area contributed by atoms with Gasteiger partial charge in [0.15, 0.2) is 0 Å². The molecule has 2 aromatic rings. The summed E-state index contributed by atoms with van der Waals surface area (Å²) in [5, 5.41) is 2.56. The number of likely N-dealkylation sites (tertiary alicyclic amines) is 1. The third-order valence-electron chi connectivity index (χ3n) is 4.64. The second-order valence-corrected chi connectivity index (χ2v) is 6.70. The highest BCUT2D eigenvalue weighted by Gasteiger charge is 2.28. The summed E-state index contributed by atoms with van der Waals surface area (Å²) in [4.78, 5) is 34.0. The van der Waals surface area contributed by atoms with E-state index in [1.807, 2.05) is 31.2 Å². The van der Waals surface area contributed by atoms with Crippen LogP contribution in [0.5, 0.6) is 11.6 Å². The molecule has 1 unspecified atom stereocenters. The van der Waals surface area contributed by atoms with Crippen LogP contribution in [-0.2, 0) is 9.59 Å². The van der Waals surface area contributed by atoms with Crippen molar-refractivity contribution in [3.63, 3.8) is 0 Å². The maximum Gasteiger partial charge on any atom is 0.241 e. The van der Waals surface area contributed by atoms with Crippen molar-refractivity contribution in [2.45, 2.75) is 32.6 Å². The minimum Gasteiger partial charge on any atom is -0.437 e. The molecule has 0 aliphatic carbocycles. The van der Waals surface area contributed by atoms with Crippen molar-refractivity contribution in [2.75, 3.05) is 19.6 Å². The van der Waals surface area contributed by atoms with Crippen LogP contribution in [0.3, 0.4) is 0 Å². The van der Waals surface area contributed by atoms with Crippen LogP contribution in [0, 0.1) is 6.92 Å². The second kappa shape index (κ2) is 8.62. The van der Waals surface area contributed by atoms with Crippen molar-refractivity contribution in [1.29, 1.82) is 0 Å². The molecule has 2 heterocycles. The summed E-state index contributed by atoms with van der Waals surface area (Å²) in [5.41, 5.74) is 1.78. The molecule has 27 heavy (non-hydrogen) atoms. The minimum atomic E-state index is -0.209. The van der Waals surface area contributed by atoms with Gasteiger partial charge in [-0.1, -0.05) is 18.2 Å². The first-order valence-electron chi connectivity index (χ1n) is 9.11. The largest absolute Gasteiger partial charge is 0.437 e. The Kier molecular flexibility index (Phi) is 6.01. The average molecular weight is 368 g/mol. The number of para-hydroxylation sites is 1. The van der Waals surface area contributed by atoms with Gasteiger partial charge in [-0.3, -0.25) is 14.6 Å². The van der Waals surface area contributed by atoms with E-state index >= 15 is 0 Å². The standard InChI is InChI=1S/C20H24N4O3/c1-14-6-3-4-8-17(14)27-20-19(21-9-10-22-20)16-7-5-11-24(13-16)18(26)12-23-15(2)25/h3-4,6,8-10,16H,5,7,11-13H2,1-2H3,(H,23,25). The second-order valence-electron chi connectivity index (χ2n) is 6.70. The molecular formula is C20H24N4O3. The number of aromatic nitrogens is 2. The van der Waals surface area contributed by atoms with Crippen molar-refractivity contribution in [2.24, 2.45) is 0 Å². The molecule has 7 nitrogen and oxygen atoms in total. The molecule has 1 aromatic carbocycles. The summed E-state index contributed by atoms with van der Waals surface area (Å²) in [6, 6.07) is 7.76. The quantitative estimate of drug-likeness (QED) is 0.876. The molecule has 2 amide bonds. The van der Waals surface area contributed by atoms with Gasteiger partial charge in [0.2, 0.25) is 17.7 Å². The van der Waals surface area contributed by atoms with Gasteiger partial charge in [-0.05, 0) is 31.4 Å². The fourth-order valence-corrected chi connectivity index (χ4v) is 3.21. The van der Waals surface area contributed by atoms with Crippen LogP contribution in [0.2, 0.25) is 0 Å². The van der Waals surface area contributed by atoms with Crippen LogP contribution in [0.1, 0.15) is 36.9 Å². The van der Waals surface area contributed by atoms with Crippen molar-refractivity contribution in [3.05, 3.63) is 47.9 Å². The van der Waals surface area contributed by atoms with Crippen molar-refractivity contribution in [1.82, 2.24) is 20.2 Å². The number of aryl methyl sites for hydroxylation is 1. The van der Waals surface area contributed by atoms with Gasteiger partial charge >= 0.3 is 0 Å². The Morgan fingerprint density at radius 3 is 2.81 bits per heavy atom. The molecule has 1 N–H and O–H groups in total. The number of piperidine rings is 1. The lowest BCUT2D eigenvalue weighted by Crippen LogP contribution is -2.44. The SMILES string of the molecule is CC(=O)NCC(=O)N1CCCC(c2nccnc2Oc2ccccc2C)C1. The molecule has 1 saturated heterocycles. The number of nitrogens with zero attached hydrogens (tertiary/aromatic N) is 3. The summed E-state index contributed by atoms with van der Waals surface area (Å²) < 4.78 is 6.03. The number of carbonyl (C=O) groups excluding carboxylic acids is 2. The molecule has 7 heteroatoms. The predicted octanol–water partition coefficient (Wildman–Crippen LogP) is 2.42. The Morgan fingerprint density at radius 1 is 1.26 bits per heavy atom. The highest BCUT2D eigenvalue weighted by atomic mass is 16.5. The summed E-state index contributed by atoms with van der Waals surface area (Å²) >= 11 is 0. The van der Waals surface area contributed by atoms with Gasteiger partial charge < -0.3 is 15.0 Å². The van der Waals surface area contributed by atoms with E-state index in [1.165, 1.54) is 6.92 Å². The number of rotatable bonds is 5. The fraction of sp³-hybridized carbons (Fsp3) is 0.400. The monoisotopic (exact) mass is 368 g/mol. The minimum absolute atomic E-state index is 0.0229. The predicted molar refractivity (Wildman–Crippen MR) is 101 cm³/mol. The number of carbonyl (C=O) groups is 2. The highest BCUT2D eigenvalue weighted by molar-refractivity contribution is 5.83. The number of nitrogens with one attached hydrogen (secondary N) is 1. The van der Waals surface area contributed by atoms with Gasteiger partial charge in [-0.15, -0.1) is 0 Å². The molecule has 1 aliphatic heterocycles. The Balaban J connectivity index is 1.75. The van der Waals surface area contributed by atoms with Gasteiger partial charge in [0.05, 0.1) is 6.54 Å². The van der Waals surface area contributed by atoms with E-state index in [2.05, 4.69) is 15.3 Å². The average Bonchev–Trinajstić information content (AvgIpc) is 2.68. The van der Waals surface area contributed by atoms with Crippen molar-refractivity contribution in [3.8, 4) is 11.6 Å². The fourth-order valence-electron chi connectivity index (χ4n) is 3.21. The first-order valence-corrected chi connectivity index (χ1v) is 9.11. The molecule has 0 saturated carbocycles. The molecule has 0 bridgehead atoms. The highest BCUT2D eigenvalue weighted by Crippen LogP contribution is 2.33. The van der Waals surface area contributed by atoms with E-state index in [0.29, 0.717) is 19.0 Å². The lowest BCUT2D eigenvalue weighted by Gasteiger charge is -2.32. The zero-order valence-electron chi connectivity index (χ0n) is 15.6. The van der Waals surface area contributed by atoms with Crippen LogP contribution in [0.15, 0.2) is 36.7 Å². The molecule has 142 valence electrons. The molecule has 0 spiro atoms. The number of amides is 2. The van der Waals surface area contributed by atoms with E-state index < -0.39 is 0 Å². The summed E-state index contributed by atoms with van der Waals surface area (Å²) in [6.07, 6.45) is 5.04. The van der Waals surface area contributed by atoms with Gasteiger partial charge in [0.1, 0.15) is 11.4 Å². The molecule has 0 radical (unpaired) electrons. The first kappa shape index (κ1) is 18.8. The zero-order valence-corrected chi connectivity index (χ0v) is 15.6. The van der Waals surface area contributed by atoms with Crippen molar-refractivity contribution >= 4 is 11.8 Å². The Hall–Kier alpha value is -2.96. The summed E-state index contributed by atoms with van der Waals surface area (Å²) in [5.74, 6) is 0.981. The van der Waals surface area contributed by atoms with Gasteiger partial charge in [-0.2, -0.15) is 0 Å². The maximum absolute atomic E-state index is 12.3. The molecule has 1 aliphatic rings. The van der Waals surface area contributed by atoms with E-state index in [-0.39, 0.29) is 24.3 Å². The topological polar surface area (TPSA) is 84.4 Å². The molecule has 3 rings (SSSR count). The molecular weight excluding hydrogens is 344 g/mol. The van der Waals surface area contributed by atoms with Crippen LogP contribution >= 0.6 is 0 Å². The summed E-state index contributed by atoms with van der Waals surface area (Å²) in [6.45, 7) is 4.63. The maximum atomic E-state index is 12.3. The Bertz CT molecular complexity index is 824. The molecule has 1 aromatic heterocycles. The third-order valence-corrected chi connectivity index (χ3v) is 4.64. The number of benzene rings is 1. The zero-order chi connectivity index (χ0) is 19.2. The Labute approximate surface area is 158 Å². The Morgan fingerprint density at radius 2 is 2.04 bits per heavy atom. The van der Waals surface area contributed by atoms with E-state index in [9.17, 15) is 9.59 Å². The van der Waals surface area contributed by atoms with Crippen LogP contribution in [0.4, 0.5) is 0 Å². The van der Waals surface area contributed by atoms with Crippen LogP contribution in [-0.4, -0.2) is 46.3 Å². The van der Waals surface area contributed by atoms with Crippen LogP contribution < -0.4 is 10.1 Å². The van der Waals surface area contributed by atoms with Crippen LogP contribution in [0.25, 0.3) is 0 Å². The van der Waals surface area contributed by atoms with Gasteiger partial charge in [0.25, 0.3) is 0 Å². The smallest absolute Gasteiger partial charge is 0.241 e.